The second-order valence-corrected chi connectivity index (χ2v) is 1.57. The van der Waals surface area contributed by atoms with Crippen LogP contribution in [0.5, 0.6) is 0 Å². The lowest BCUT2D eigenvalue weighted by atomic mass is 10.4. The molecule has 0 bridgehead atoms. The molecule has 1 rings (SSSR count). The van der Waals surface area contributed by atoms with Gasteiger partial charge in [0, 0.05) is 6.42 Å². The Morgan fingerprint density at radius 3 is 2.86 bits per heavy atom. The van der Waals surface area contributed by atoms with E-state index >= 15 is 0 Å². The van der Waals surface area contributed by atoms with Crippen molar-refractivity contribution in [2.45, 2.75) is 6.42 Å². The molecule has 7 heavy (non-hydrogen) atoms. The van der Waals surface area contributed by atoms with Gasteiger partial charge in [-0.3, -0.25) is 0 Å². The first-order valence-corrected chi connectivity index (χ1v) is 2.53. The lowest BCUT2D eigenvalue weighted by molar-refractivity contribution is 0.462. The van der Waals surface area contributed by atoms with Crippen molar-refractivity contribution in [1.82, 2.24) is 0 Å². The maximum Gasteiger partial charge on any atom is 0.340 e. The molecule has 3 radical (unpaired) electrons. The quantitative estimate of drug-likeness (QED) is 0.455. The fourth-order valence-corrected chi connectivity index (χ4v) is 0.655. The molecule has 0 spiro atoms. The van der Waals surface area contributed by atoms with Gasteiger partial charge in [-0.15, -0.1) is 0 Å². The van der Waals surface area contributed by atoms with Gasteiger partial charge in [-0.2, -0.15) is 0 Å². The largest absolute Gasteiger partial charge is 0.543 e. The van der Waals surface area contributed by atoms with E-state index < -0.39 is 0 Å². The summed E-state index contributed by atoms with van der Waals surface area (Å²) < 4.78 is 4.72. The van der Waals surface area contributed by atoms with Crippen molar-refractivity contribution < 1.29 is 4.43 Å². The Morgan fingerprint density at radius 1 is 1.71 bits per heavy atom. The second-order valence-electron chi connectivity index (χ2n) is 1.37. The third-order valence-corrected chi connectivity index (χ3v) is 1.13. The third-order valence-electron chi connectivity index (χ3n) is 0.868. The molecule has 1 nitrogen and oxygen atoms in total. The smallest absolute Gasteiger partial charge is 0.340 e. The van der Waals surface area contributed by atoms with Crippen molar-refractivity contribution in [3.63, 3.8) is 0 Å². The molecule has 0 saturated heterocycles. The minimum absolute atomic E-state index is 0.920. The topological polar surface area (TPSA) is 9.23 Å². The molecule has 0 atom stereocenters. The molecule has 0 unspecified atom stereocenters. The van der Waals surface area contributed by atoms with Crippen LogP contribution in [0.4, 0.5) is 0 Å². The average Bonchev–Trinajstić information content (AvgIpc) is 2.14. The molecule has 0 aromatic carbocycles. The lowest BCUT2D eigenvalue weighted by Gasteiger charge is -1.94. The van der Waals surface area contributed by atoms with Crippen molar-refractivity contribution in [3.8, 4) is 0 Å². The van der Waals surface area contributed by atoms with Crippen LogP contribution in [0, 0.1) is 0 Å². The van der Waals surface area contributed by atoms with Gasteiger partial charge in [0.2, 0.25) is 0 Å². The molecule has 0 amide bonds. The van der Waals surface area contributed by atoms with Crippen molar-refractivity contribution >= 4 is 10.5 Å². The van der Waals surface area contributed by atoms with Crippen LogP contribution >= 0.6 is 0 Å². The molecule has 0 N–H and O–H groups in total. The van der Waals surface area contributed by atoms with Crippen molar-refractivity contribution in [3.05, 3.63) is 24.0 Å². The minimum Gasteiger partial charge on any atom is -0.543 e. The first-order chi connectivity index (χ1) is 3.43. The molecule has 0 heterocycles. The number of allylic oxidation sites excluding steroid dienone is 3. The van der Waals surface area contributed by atoms with E-state index in [0.29, 0.717) is 0 Å². The first kappa shape index (κ1) is 4.65. The van der Waals surface area contributed by atoms with E-state index in [1.165, 1.54) is 0 Å². The van der Waals surface area contributed by atoms with Gasteiger partial charge in [0.1, 0.15) is 0 Å². The van der Waals surface area contributed by atoms with Gasteiger partial charge in [-0.25, -0.2) is 0 Å². The Kier molecular flexibility index (Phi) is 1.31. The summed E-state index contributed by atoms with van der Waals surface area (Å²) >= 11 is 0. The number of rotatable bonds is 1. The summed E-state index contributed by atoms with van der Waals surface area (Å²) in [7, 11) is 2.91. The van der Waals surface area contributed by atoms with Crippen molar-refractivity contribution in [1.29, 1.82) is 0 Å². The standard InChI is InChI=1S/C5H5OSi/c7-6-5-3-1-2-4-5/h1-3H,4H2. The zero-order valence-corrected chi connectivity index (χ0v) is 4.85. The van der Waals surface area contributed by atoms with E-state index in [1.54, 1.807) is 0 Å². The van der Waals surface area contributed by atoms with Gasteiger partial charge in [0.15, 0.2) is 0 Å². The third kappa shape index (κ3) is 0.931. The van der Waals surface area contributed by atoms with Crippen LogP contribution in [0.3, 0.4) is 0 Å². The van der Waals surface area contributed by atoms with Crippen LogP contribution in [0.25, 0.3) is 0 Å². The van der Waals surface area contributed by atoms with Crippen molar-refractivity contribution in [2.75, 3.05) is 0 Å². The maximum absolute atomic E-state index is 4.72. The van der Waals surface area contributed by atoms with Gasteiger partial charge in [0.25, 0.3) is 0 Å². The predicted octanol–water partition coefficient (Wildman–Crippen LogP) is 0.930. The molecule has 0 aromatic heterocycles. The monoisotopic (exact) mass is 109 g/mol. The summed E-state index contributed by atoms with van der Waals surface area (Å²) in [6.45, 7) is 0. The van der Waals surface area contributed by atoms with Crippen LogP contribution in [-0.2, 0) is 4.43 Å². The zero-order chi connectivity index (χ0) is 5.11. The highest BCUT2D eigenvalue weighted by Crippen LogP contribution is 2.08. The Bertz CT molecular complexity index is 115. The Hall–Kier alpha value is -0.503. The van der Waals surface area contributed by atoms with Gasteiger partial charge in [-0.1, -0.05) is 12.2 Å². The Balaban J connectivity index is 2.45. The highest BCUT2D eigenvalue weighted by Gasteiger charge is 1.93. The van der Waals surface area contributed by atoms with E-state index in [9.17, 15) is 0 Å². The SMILES string of the molecule is [Si]OC1=CC=CC1. The molecular formula is C5H5OSi. The fraction of sp³-hybridized carbons (Fsp3) is 0.200. The summed E-state index contributed by atoms with van der Waals surface area (Å²) in [4.78, 5) is 0. The number of hydrogen-bond acceptors (Lipinski definition) is 1. The van der Waals surface area contributed by atoms with Crippen LogP contribution in [0.1, 0.15) is 6.42 Å². The van der Waals surface area contributed by atoms with E-state index in [1.807, 2.05) is 18.2 Å². The normalized spacial score (nSPS) is 17.0. The van der Waals surface area contributed by atoms with Crippen LogP contribution in [0.2, 0.25) is 0 Å². The zero-order valence-electron chi connectivity index (χ0n) is 3.85. The van der Waals surface area contributed by atoms with Gasteiger partial charge < -0.3 is 4.43 Å². The van der Waals surface area contributed by atoms with Crippen LogP contribution in [-0.4, -0.2) is 10.5 Å². The number of hydrogen-bond donors (Lipinski definition) is 0. The first-order valence-electron chi connectivity index (χ1n) is 2.13. The van der Waals surface area contributed by atoms with Crippen molar-refractivity contribution in [2.24, 2.45) is 0 Å². The average molecular weight is 109 g/mol. The fourth-order valence-electron chi connectivity index (χ4n) is 0.503. The molecule has 0 saturated carbocycles. The molecule has 2 heteroatoms. The highest BCUT2D eigenvalue weighted by molar-refractivity contribution is 5.98. The van der Waals surface area contributed by atoms with Crippen LogP contribution in [0.15, 0.2) is 24.0 Å². The van der Waals surface area contributed by atoms with E-state index in [-0.39, 0.29) is 0 Å². The molecule has 0 aliphatic heterocycles. The van der Waals surface area contributed by atoms with E-state index in [4.69, 9.17) is 4.43 Å². The Labute approximate surface area is 46.2 Å². The predicted molar refractivity (Wildman–Crippen MR) is 28.7 cm³/mol. The lowest BCUT2D eigenvalue weighted by Crippen LogP contribution is -1.79. The van der Waals surface area contributed by atoms with E-state index in [2.05, 4.69) is 10.5 Å². The molecule has 0 aromatic rings. The van der Waals surface area contributed by atoms with Gasteiger partial charge in [0.05, 0.1) is 5.76 Å². The summed E-state index contributed by atoms with van der Waals surface area (Å²) in [6, 6.07) is 0. The minimum atomic E-state index is 0.920. The summed E-state index contributed by atoms with van der Waals surface area (Å²) in [5, 5.41) is 0. The van der Waals surface area contributed by atoms with E-state index in [0.717, 1.165) is 12.2 Å². The highest BCUT2D eigenvalue weighted by atomic mass is 28.2. The van der Waals surface area contributed by atoms with Gasteiger partial charge >= 0.3 is 10.5 Å². The molecular weight excluding hydrogens is 104 g/mol. The van der Waals surface area contributed by atoms with Gasteiger partial charge in [-0.05, 0) is 6.08 Å². The molecule has 0 fully saturated rings. The maximum atomic E-state index is 4.72. The summed E-state index contributed by atoms with van der Waals surface area (Å²) in [5.41, 5.74) is 0. The second kappa shape index (κ2) is 1.98. The molecule has 1 aliphatic rings. The summed E-state index contributed by atoms with van der Waals surface area (Å²) in [6.07, 6.45) is 6.85. The van der Waals surface area contributed by atoms with Crippen LogP contribution < -0.4 is 0 Å². The Morgan fingerprint density at radius 2 is 2.57 bits per heavy atom. The molecule has 1 aliphatic carbocycles. The summed E-state index contributed by atoms with van der Waals surface area (Å²) in [5.74, 6) is 0.969. The molecule has 35 valence electrons.